The van der Waals surface area contributed by atoms with Gasteiger partial charge in [-0.2, -0.15) is 0 Å². The van der Waals surface area contributed by atoms with Crippen LogP contribution in [-0.2, 0) is 0 Å². The summed E-state index contributed by atoms with van der Waals surface area (Å²) in [5.41, 5.74) is 7.68. The number of aryl methyl sites for hydroxylation is 1. The molecule has 0 aliphatic heterocycles. The Balaban J connectivity index is 2.32. The highest BCUT2D eigenvalue weighted by Gasteiger charge is 2.13. The average molecular weight is 270 g/mol. The number of oxime groups is 1. The number of anilines is 2. The Morgan fingerprint density at radius 1 is 1.25 bits per heavy atom. The van der Waals surface area contributed by atoms with Crippen molar-refractivity contribution < 1.29 is 5.21 Å². The van der Waals surface area contributed by atoms with E-state index in [0.29, 0.717) is 13.0 Å². The molecule has 0 unspecified atom stereocenters. The molecular formula is C15H18N4O. The van der Waals surface area contributed by atoms with Gasteiger partial charge in [0.2, 0.25) is 0 Å². The van der Waals surface area contributed by atoms with Crippen molar-refractivity contribution in [1.29, 1.82) is 0 Å². The third-order valence-corrected chi connectivity index (χ3v) is 3.03. The second-order valence-corrected chi connectivity index (χ2v) is 4.47. The Kier molecular flexibility index (Phi) is 4.55. The van der Waals surface area contributed by atoms with E-state index in [-0.39, 0.29) is 5.84 Å². The Labute approximate surface area is 118 Å². The standard InChI is InChI=1S/C15H18N4O/c1-12-6-5-10-17-15(12)19(11-9-14(16)18-20)13-7-3-2-4-8-13/h2-8,10,20H,9,11H2,1H3,(H2,16,18). The number of aromatic nitrogens is 1. The van der Waals surface area contributed by atoms with Gasteiger partial charge in [0.15, 0.2) is 0 Å². The van der Waals surface area contributed by atoms with Crippen LogP contribution in [0.3, 0.4) is 0 Å². The Morgan fingerprint density at radius 2 is 2.00 bits per heavy atom. The molecule has 2 rings (SSSR count). The maximum Gasteiger partial charge on any atom is 0.140 e. The molecular weight excluding hydrogens is 252 g/mol. The molecule has 0 spiro atoms. The van der Waals surface area contributed by atoms with Crippen molar-refractivity contribution in [1.82, 2.24) is 4.98 Å². The van der Waals surface area contributed by atoms with Gasteiger partial charge < -0.3 is 15.8 Å². The van der Waals surface area contributed by atoms with E-state index >= 15 is 0 Å². The van der Waals surface area contributed by atoms with Crippen molar-refractivity contribution in [2.75, 3.05) is 11.4 Å². The molecule has 0 atom stereocenters. The van der Waals surface area contributed by atoms with Crippen LogP contribution in [0.2, 0.25) is 0 Å². The summed E-state index contributed by atoms with van der Waals surface area (Å²) in [7, 11) is 0. The predicted octanol–water partition coefficient (Wildman–Crippen LogP) is 2.66. The third-order valence-electron chi connectivity index (χ3n) is 3.03. The first-order chi connectivity index (χ1) is 9.72. The molecule has 1 heterocycles. The molecule has 0 aliphatic carbocycles. The Hall–Kier alpha value is -2.56. The van der Waals surface area contributed by atoms with Gasteiger partial charge in [-0.3, -0.25) is 0 Å². The SMILES string of the molecule is Cc1cccnc1N(CCC(N)=NO)c1ccccc1. The quantitative estimate of drug-likeness (QED) is 0.379. The van der Waals surface area contributed by atoms with Gasteiger partial charge >= 0.3 is 0 Å². The van der Waals surface area contributed by atoms with Crippen molar-refractivity contribution in [3.05, 3.63) is 54.2 Å². The zero-order valence-corrected chi connectivity index (χ0v) is 11.4. The molecule has 2 aromatic rings. The van der Waals surface area contributed by atoms with Gasteiger partial charge in [0, 0.05) is 24.8 Å². The van der Waals surface area contributed by atoms with Crippen molar-refractivity contribution >= 4 is 17.3 Å². The Bertz CT molecular complexity index is 583. The fourth-order valence-corrected chi connectivity index (χ4v) is 2.00. The van der Waals surface area contributed by atoms with E-state index in [4.69, 9.17) is 10.9 Å². The van der Waals surface area contributed by atoms with E-state index in [0.717, 1.165) is 17.1 Å². The molecule has 0 saturated heterocycles. The van der Waals surface area contributed by atoms with Gasteiger partial charge in [0.25, 0.3) is 0 Å². The van der Waals surface area contributed by atoms with Crippen LogP contribution in [-0.4, -0.2) is 22.6 Å². The van der Waals surface area contributed by atoms with Crippen LogP contribution >= 0.6 is 0 Å². The molecule has 1 aromatic carbocycles. The van der Waals surface area contributed by atoms with Crippen LogP contribution in [0.5, 0.6) is 0 Å². The second-order valence-electron chi connectivity index (χ2n) is 4.47. The van der Waals surface area contributed by atoms with Crippen LogP contribution in [0.4, 0.5) is 11.5 Å². The number of para-hydroxylation sites is 1. The Morgan fingerprint density at radius 3 is 2.65 bits per heavy atom. The van der Waals surface area contributed by atoms with E-state index < -0.39 is 0 Å². The monoisotopic (exact) mass is 270 g/mol. The lowest BCUT2D eigenvalue weighted by Gasteiger charge is -2.25. The minimum atomic E-state index is 0.208. The number of nitrogens with two attached hydrogens (primary N) is 1. The molecule has 3 N–H and O–H groups in total. The fraction of sp³-hybridized carbons (Fsp3) is 0.200. The fourth-order valence-electron chi connectivity index (χ4n) is 2.00. The third kappa shape index (κ3) is 3.26. The smallest absolute Gasteiger partial charge is 0.140 e. The first kappa shape index (κ1) is 13.9. The van der Waals surface area contributed by atoms with Gasteiger partial charge in [0.1, 0.15) is 11.7 Å². The highest BCUT2D eigenvalue weighted by Crippen LogP contribution is 2.25. The van der Waals surface area contributed by atoms with E-state index in [2.05, 4.69) is 15.0 Å². The van der Waals surface area contributed by atoms with Crippen LogP contribution in [0.1, 0.15) is 12.0 Å². The number of hydrogen-bond donors (Lipinski definition) is 2. The van der Waals surface area contributed by atoms with Gasteiger partial charge in [-0.25, -0.2) is 4.98 Å². The summed E-state index contributed by atoms with van der Waals surface area (Å²) in [6.45, 7) is 2.61. The van der Waals surface area contributed by atoms with Crippen molar-refractivity contribution in [3.63, 3.8) is 0 Å². The van der Waals surface area contributed by atoms with Crippen LogP contribution in [0, 0.1) is 6.92 Å². The maximum absolute atomic E-state index is 8.67. The first-order valence-electron chi connectivity index (χ1n) is 6.43. The summed E-state index contributed by atoms with van der Waals surface area (Å²) >= 11 is 0. The number of benzene rings is 1. The van der Waals surface area contributed by atoms with E-state index in [1.807, 2.05) is 49.4 Å². The summed E-state index contributed by atoms with van der Waals surface area (Å²) < 4.78 is 0. The second kappa shape index (κ2) is 6.56. The summed E-state index contributed by atoms with van der Waals surface area (Å²) in [5.74, 6) is 1.09. The molecule has 20 heavy (non-hydrogen) atoms. The van der Waals surface area contributed by atoms with Crippen LogP contribution < -0.4 is 10.6 Å². The average Bonchev–Trinajstić information content (AvgIpc) is 2.50. The van der Waals surface area contributed by atoms with Crippen molar-refractivity contribution in [3.8, 4) is 0 Å². The first-order valence-corrected chi connectivity index (χ1v) is 6.43. The molecule has 0 radical (unpaired) electrons. The molecule has 0 bridgehead atoms. The number of nitrogens with zero attached hydrogens (tertiary/aromatic N) is 3. The highest BCUT2D eigenvalue weighted by molar-refractivity contribution is 5.80. The minimum absolute atomic E-state index is 0.208. The van der Waals surface area contributed by atoms with Crippen LogP contribution in [0.15, 0.2) is 53.8 Å². The summed E-state index contributed by atoms with van der Waals surface area (Å²) in [4.78, 5) is 6.50. The van der Waals surface area contributed by atoms with E-state index in [1.165, 1.54) is 0 Å². The van der Waals surface area contributed by atoms with E-state index in [1.54, 1.807) is 6.20 Å². The number of pyridine rings is 1. The minimum Gasteiger partial charge on any atom is -0.409 e. The highest BCUT2D eigenvalue weighted by atomic mass is 16.4. The van der Waals surface area contributed by atoms with Crippen molar-refractivity contribution in [2.24, 2.45) is 10.9 Å². The number of hydrogen-bond acceptors (Lipinski definition) is 4. The van der Waals surface area contributed by atoms with Gasteiger partial charge in [-0.05, 0) is 30.7 Å². The lowest BCUT2D eigenvalue weighted by atomic mass is 10.2. The summed E-state index contributed by atoms with van der Waals surface area (Å²) in [6.07, 6.45) is 2.23. The topological polar surface area (TPSA) is 74.7 Å². The van der Waals surface area contributed by atoms with Gasteiger partial charge in [0.05, 0.1) is 0 Å². The molecule has 0 saturated carbocycles. The summed E-state index contributed by atoms with van der Waals surface area (Å²) in [6, 6.07) is 13.9. The molecule has 5 nitrogen and oxygen atoms in total. The molecule has 0 amide bonds. The molecule has 0 aliphatic rings. The lowest BCUT2D eigenvalue weighted by Crippen LogP contribution is -2.25. The van der Waals surface area contributed by atoms with Gasteiger partial charge in [-0.15, -0.1) is 0 Å². The number of rotatable bonds is 5. The predicted molar refractivity (Wildman–Crippen MR) is 80.4 cm³/mol. The lowest BCUT2D eigenvalue weighted by molar-refractivity contribution is 0.317. The summed E-state index contributed by atoms with van der Waals surface area (Å²) in [5, 5.41) is 11.7. The largest absolute Gasteiger partial charge is 0.409 e. The molecule has 5 heteroatoms. The zero-order chi connectivity index (χ0) is 14.4. The molecule has 104 valence electrons. The van der Waals surface area contributed by atoms with Crippen LogP contribution in [0.25, 0.3) is 0 Å². The van der Waals surface area contributed by atoms with Crippen molar-refractivity contribution in [2.45, 2.75) is 13.3 Å². The number of amidine groups is 1. The maximum atomic E-state index is 8.67. The molecule has 0 fully saturated rings. The molecule has 1 aromatic heterocycles. The normalized spacial score (nSPS) is 11.3. The zero-order valence-electron chi connectivity index (χ0n) is 11.4. The van der Waals surface area contributed by atoms with Gasteiger partial charge in [-0.1, -0.05) is 29.4 Å². The van der Waals surface area contributed by atoms with E-state index in [9.17, 15) is 0 Å².